The Balaban J connectivity index is 1.79. The fourth-order valence-electron chi connectivity index (χ4n) is 3.52. The van der Waals surface area contributed by atoms with Gasteiger partial charge in [0.25, 0.3) is 6.02 Å². The van der Waals surface area contributed by atoms with Crippen LogP contribution in [0.1, 0.15) is 18.1 Å². The summed E-state index contributed by atoms with van der Waals surface area (Å²) in [6, 6.07) is 6.53. The summed E-state index contributed by atoms with van der Waals surface area (Å²) in [6.07, 6.45) is 4.95. The van der Waals surface area contributed by atoms with Crippen molar-refractivity contribution in [2.75, 3.05) is 7.11 Å². The summed E-state index contributed by atoms with van der Waals surface area (Å²) in [7, 11) is 1.59. The predicted molar refractivity (Wildman–Crippen MR) is 86.3 cm³/mol. The van der Waals surface area contributed by atoms with Gasteiger partial charge in [-0.3, -0.25) is 4.98 Å². The quantitative estimate of drug-likeness (QED) is 0.913. The third-order valence-corrected chi connectivity index (χ3v) is 4.74. The van der Waals surface area contributed by atoms with Gasteiger partial charge in [0.2, 0.25) is 5.88 Å². The molecule has 1 spiro atoms. The van der Waals surface area contributed by atoms with Crippen LogP contribution < -0.4 is 10.5 Å². The molecule has 0 bridgehead atoms. The maximum atomic E-state index is 5.79. The van der Waals surface area contributed by atoms with Gasteiger partial charge in [0.05, 0.1) is 25.2 Å². The minimum atomic E-state index is -0.297. The number of hydrogen-bond acceptors (Lipinski definition) is 6. The van der Waals surface area contributed by atoms with Gasteiger partial charge in [-0.2, -0.15) is 0 Å². The normalized spacial score (nSPS) is 25.1. The first kappa shape index (κ1) is 14.0. The SMILES string of the molecule is COc1cncc(-c2cccc3c2C[C@@]2(C3)N=C(N)O[C@@H]2C)n1. The number of benzene rings is 1. The Morgan fingerprint density at radius 1 is 1.30 bits per heavy atom. The maximum Gasteiger partial charge on any atom is 0.282 e. The summed E-state index contributed by atoms with van der Waals surface area (Å²) >= 11 is 0. The van der Waals surface area contributed by atoms with E-state index in [9.17, 15) is 0 Å². The molecule has 2 aliphatic rings. The highest BCUT2D eigenvalue weighted by atomic mass is 16.5. The number of hydrogen-bond donors (Lipinski definition) is 1. The second-order valence-corrected chi connectivity index (χ2v) is 6.06. The summed E-state index contributed by atoms with van der Waals surface area (Å²) in [5, 5.41) is 0. The zero-order chi connectivity index (χ0) is 16.0. The number of nitrogens with two attached hydrogens (primary N) is 1. The highest BCUT2D eigenvalue weighted by molar-refractivity contribution is 5.75. The molecule has 0 saturated heterocycles. The van der Waals surface area contributed by atoms with Crippen molar-refractivity contribution in [3.63, 3.8) is 0 Å². The van der Waals surface area contributed by atoms with E-state index in [4.69, 9.17) is 15.2 Å². The van der Waals surface area contributed by atoms with Gasteiger partial charge >= 0.3 is 0 Å². The van der Waals surface area contributed by atoms with Gasteiger partial charge in [0, 0.05) is 18.4 Å². The summed E-state index contributed by atoms with van der Waals surface area (Å²) < 4.78 is 10.8. The van der Waals surface area contributed by atoms with E-state index in [1.165, 1.54) is 11.1 Å². The van der Waals surface area contributed by atoms with Gasteiger partial charge in [-0.05, 0) is 18.1 Å². The van der Waals surface area contributed by atoms with Crippen LogP contribution in [0, 0.1) is 0 Å². The molecular weight excluding hydrogens is 292 g/mol. The van der Waals surface area contributed by atoms with E-state index in [2.05, 4.69) is 27.1 Å². The minimum Gasteiger partial charge on any atom is -0.480 e. The molecule has 0 saturated carbocycles. The lowest BCUT2D eigenvalue weighted by Crippen LogP contribution is -2.36. The van der Waals surface area contributed by atoms with Crippen LogP contribution in [0.2, 0.25) is 0 Å². The zero-order valence-electron chi connectivity index (χ0n) is 13.1. The molecule has 2 N–H and O–H groups in total. The number of aromatic nitrogens is 2. The smallest absolute Gasteiger partial charge is 0.282 e. The number of methoxy groups -OCH3 is 1. The molecule has 4 rings (SSSR count). The van der Waals surface area contributed by atoms with Crippen molar-refractivity contribution in [2.45, 2.75) is 31.4 Å². The van der Waals surface area contributed by atoms with Crippen molar-refractivity contribution >= 4 is 6.02 Å². The van der Waals surface area contributed by atoms with Crippen LogP contribution in [0.15, 0.2) is 35.6 Å². The second-order valence-electron chi connectivity index (χ2n) is 6.06. The van der Waals surface area contributed by atoms with Gasteiger partial charge in [-0.1, -0.05) is 18.2 Å². The molecule has 6 nitrogen and oxygen atoms in total. The topological polar surface area (TPSA) is 82.6 Å². The summed E-state index contributed by atoms with van der Waals surface area (Å²) in [4.78, 5) is 13.3. The van der Waals surface area contributed by atoms with E-state index in [0.717, 1.165) is 24.1 Å². The van der Waals surface area contributed by atoms with Crippen molar-refractivity contribution in [1.29, 1.82) is 0 Å². The highest BCUT2D eigenvalue weighted by Gasteiger charge is 2.48. The van der Waals surface area contributed by atoms with Crippen LogP contribution in [-0.2, 0) is 17.6 Å². The second kappa shape index (κ2) is 4.94. The van der Waals surface area contributed by atoms with Crippen molar-refractivity contribution in [3.05, 3.63) is 41.7 Å². The van der Waals surface area contributed by atoms with Crippen molar-refractivity contribution in [1.82, 2.24) is 9.97 Å². The minimum absolute atomic E-state index is 0.0286. The zero-order valence-corrected chi connectivity index (χ0v) is 13.1. The number of ether oxygens (including phenoxy) is 2. The van der Waals surface area contributed by atoms with Crippen LogP contribution in [0.3, 0.4) is 0 Å². The molecule has 0 radical (unpaired) electrons. The average Bonchev–Trinajstić information content (AvgIpc) is 3.06. The Morgan fingerprint density at radius 3 is 2.91 bits per heavy atom. The first-order valence-electron chi connectivity index (χ1n) is 7.60. The lowest BCUT2D eigenvalue weighted by atomic mass is 9.91. The van der Waals surface area contributed by atoms with E-state index in [1.807, 2.05) is 13.0 Å². The summed E-state index contributed by atoms with van der Waals surface area (Å²) in [5.41, 5.74) is 9.87. The van der Waals surface area contributed by atoms with Crippen LogP contribution >= 0.6 is 0 Å². The number of fused-ring (bicyclic) bond motifs is 1. The number of rotatable bonds is 2. The van der Waals surface area contributed by atoms with Gasteiger partial charge in [0.1, 0.15) is 11.6 Å². The average molecular weight is 310 g/mol. The van der Waals surface area contributed by atoms with Crippen LogP contribution in [0.5, 0.6) is 5.88 Å². The van der Waals surface area contributed by atoms with Gasteiger partial charge in [-0.25, -0.2) is 9.98 Å². The Kier molecular flexibility index (Phi) is 3.01. The van der Waals surface area contributed by atoms with E-state index < -0.39 is 0 Å². The molecule has 0 unspecified atom stereocenters. The third kappa shape index (κ3) is 2.13. The molecule has 2 aromatic rings. The molecule has 1 aromatic carbocycles. The molecule has 6 heteroatoms. The molecule has 0 fully saturated rings. The monoisotopic (exact) mass is 310 g/mol. The Labute approximate surface area is 134 Å². The van der Waals surface area contributed by atoms with E-state index >= 15 is 0 Å². The predicted octanol–water partition coefficient (Wildman–Crippen LogP) is 1.72. The molecular formula is C17H18N4O2. The van der Waals surface area contributed by atoms with Crippen molar-refractivity contribution in [3.8, 4) is 17.1 Å². The third-order valence-electron chi connectivity index (χ3n) is 4.74. The Bertz CT molecular complexity index is 805. The lowest BCUT2D eigenvalue weighted by Gasteiger charge is -2.23. The number of aliphatic imine (C=N–C) groups is 1. The maximum absolute atomic E-state index is 5.79. The van der Waals surface area contributed by atoms with Gasteiger partial charge in [-0.15, -0.1) is 0 Å². The summed E-state index contributed by atoms with van der Waals surface area (Å²) in [5.74, 6) is 0.507. The van der Waals surface area contributed by atoms with Gasteiger partial charge in [0.15, 0.2) is 0 Å². The molecule has 1 aliphatic carbocycles. The van der Waals surface area contributed by atoms with Crippen LogP contribution in [-0.4, -0.2) is 34.7 Å². The fourth-order valence-corrected chi connectivity index (χ4v) is 3.52. The van der Waals surface area contributed by atoms with E-state index in [1.54, 1.807) is 19.5 Å². The van der Waals surface area contributed by atoms with Crippen molar-refractivity contribution in [2.24, 2.45) is 10.7 Å². The highest BCUT2D eigenvalue weighted by Crippen LogP contribution is 2.42. The van der Waals surface area contributed by atoms with E-state index in [-0.39, 0.29) is 17.7 Å². The molecule has 118 valence electrons. The molecule has 23 heavy (non-hydrogen) atoms. The van der Waals surface area contributed by atoms with E-state index in [0.29, 0.717) is 5.88 Å². The van der Waals surface area contributed by atoms with Crippen LogP contribution in [0.4, 0.5) is 0 Å². The molecule has 2 atom stereocenters. The van der Waals surface area contributed by atoms with Crippen LogP contribution in [0.25, 0.3) is 11.3 Å². The van der Waals surface area contributed by atoms with Gasteiger partial charge < -0.3 is 15.2 Å². The number of amidine groups is 1. The Morgan fingerprint density at radius 2 is 2.17 bits per heavy atom. The first-order valence-corrected chi connectivity index (χ1v) is 7.60. The number of nitrogens with zero attached hydrogens (tertiary/aromatic N) is 3. The Hall–Kier alpha value is -2.63. The largest absolute Gasteiger partial charge is 0.480 e. The molecule has 1 aliphatic heterocycles. The standard InChI is InChI=1S/C17H18N4O2/c1-10-17(21-16(18)23-10)6-11-4-3-5-12(13(11)7-17)14-8-19-9-15(20-14)22-2/h3-5,8-10H,6-7H2,1-2H3,(H2,18,21)/t10-,17-/m1/s1. The first-order chi connectivity index (χ1) is 11.1. The molecule has 2 heterocycles. The summed E-state index contributed by atoms with van der Waals surface area (Å²) in [6.45, 7) is 2.03. The molecule has 1 aromatic heterocycles. The molecule has 0 amide bonds. The van der Waals surface area contributed by atoms with Crippen molar-refractivity contribution < 1.29 is 9.47 Å². The lowest BCUT2D eigenvalue weighted by molar-refractivity contribution is 0.157. The fraction of sp³-hybridized carbons (Fsp3) is 0.353.